The van der Waals surface area contributed by atoms with Crippen LogP contribution in [0.15, 0.2) is 53.9 Å². The van der Waals surface area contributed by atoms with Crippen LogP contribution in [-0.4, -0.2) is 4.98 Å². The molecule has 1 aromatic heterocycles. The fourth-order valence-electron chi connectivity index (χ4n) is 2.07. The van der Waals surface area contributed by atoms with Gasteiger partial charge < -0.3 is 10.5 Å². The first-order valence-corrected chi connectivity index (χ1v) is 7.59. The lowest BCUT2D eigenvalue weighted by Crippen LogP contribution is -1.98. The largest absolute Gasteiger partial charge is 0.487 e. The van der Waals surface area contributed by atoms with E-state index < -0.39 is 0 Å². The summed E-state index contributed by atoms with van der Waals surface area (Å²) in [5.41, 5.74) is 9.81. The molecule has 3 nitrogen and oxygen atoms in total. The molecule has 21 heavy (non-hydrogen) atoms. The Labute approximate surface area is 128 Å². The van der Waals surface area contributed by atoms with Gasteiger partial charge in [0.1, 0.15) is 12.4 Å². The van der Waals surface area contributed by atoms with E-state index in [4.69, 9.17) is 10.5 Å². The van der Waals surface area contributed by atoms with Crippen molar-refractivity contribution < 1.29 is 4.74 Å². The van der Waals surface area contributed by atoms with Crippen molar-refractivity contribution in [2.45, 2.75) is 13.5 Å². The Morgan fingerprint density at radius 2 is 1.95 bits per heavy atom. The second kappa shape index (κ2) is 5.97. The van der Waals surface area contributed by atoms with Crippen LogP contribution in [0.5, 0.6) is 5.75 Å². The topological polar surface area (TPSA) is 48.1 Å². The number of hydrogen-bond donors (Lipinski definition) is 1. The van der Waals surface area contributed by atoms with Crippen LogP contribution in [0.2, 0.25) is 0 Å². The van der Waals surface area contributed by atoms with E-state index in [9.17, 15) is 0 Å². The predicted molar refractivity (Wildman–Crippen MR) is 87.5 cm³/mol. The van der Waals surface area contributed by atoms with Crippen LogP contribution in [0.1, 0.15) is 10.6 Å². The standard InChI is InChI=1S/C17H16N2OS/c1-12-19-16(11-21-12)14-7-8-17(15(18)9-14)20-10-13-5-3-2-4-6-13/h2-9,11H,10,18H2,1H3. The maximum atomic E-state index is 6.08. The van der Waals surface area contributed by atoms with Gasteiger partial charge >= 0.3 is 0 Å². The molecule has 4 heteroatoms. The molecule has 3 aromatic rings. The minimum Gasteiger partial charge on any atom is -0.487 e. The minimum atomic E-state index is 0.514. The molecule has 0 saturated carbocycles. The van der Waals surface area contributed by atoms with Crippen LogP contribution in [0.3, 0.4) is 0 Å². The van der Waals surface area contributed by atoms with E-state index >= 15 is 0 Å². The van der Waals surface area contributed by atoms with Crippen molar-refractivity contribution in [3.8, 4) is 17.0 Å². The molecule has 0 aliphatic heterocycles. The number of nitrogen functional groups attached to an aromatic ring is 1. The molecule has 0 atom stereocenters. The summed E-state index contributed by atoms with van der Waals surface area (Å²) >= 11 is 1.63. The molecule has 0 saturated heterocycles. The first-order valence-electron chi connectivity index (χ1n) is 6.71. The third-order valence-corrected chi connectivity index (χ3v) is 3.94. The molecule has 0 spiro atoms. The van der Waals surface area contributed by atoms with Gasteiger partial charge in [0.2, 0.25) is 0 Å². The maximum Gasteiger partial charge on any atom is 0.142 e. The van der Waals surface area contributed by atoms with Crippen LogP contribution in [-0.2, 0) is 6.61 Å². The first-order chi connectivity index (χ1) is 10.2. The van der Waals surface area contributed by atoms with E-state index in [0.717, 1.165) is 21.8 Å². The van der Waals surface area contributed by atoms with Crippen LogP contribution >= 0.6 is 11.3 Å². The summed E-state index contributed by atoms with van der Waals surface area (Å²) in [6.45, 7) is 2.51. The van der Waals surface area contributed by atoms with Crippen LogP contribution < -0.4 is 10.5 Å². The van der Waals surface area contributed by atoms with E-state index in [0.29, 0.717) is 18.0 Å². The Morgan fingerprint density at radius 1 is 1.14 bits per heavy atom. The third kappa shape index (κ3) is 3.23. The van der Waals surface area contributed by atoms with Crippen molar-refractivity contribution in [2.75, 3.05) is 5.73 Å². The lowest BCUT2D eigenvalue weighted by molar-refractivity contribution is 0.308. The highest BCUT2D eigenvalue weighted by Crippen LogP contribution is 2.29. The second-order valence-electron chi connectivity index (χ2n) is 4.78. The molecule has 0 unspecified atom stereocenters. The summed E-state index contributed by atoms with van der Waals surface area (Å²) in [5.74, 6) is 0.703. The lowest BCUT2D eigenvalue weighted by atomic mass is 10.1. The van der Waals surface area contributed by atoms with Gasteiger partial charge in [-0.05, 0) is 30.7 Å². The molecule has 0 fully saturated rings. The van der Waals surface area contributed by atoms with Gasteiger partial charge in [-0.1, -0.05) is 30.3 Å². The van der Waals surface area contributed by atoms with Crippen LogP contribution in [0.25, 0.3) is 11.3 Å². The van der Waals surface area contributed by atoms with Gasteiger partial charge in [0.15, 0.2) is 0 Å². The molecular formula is C17H16N2OS. The highest BCUT2D eigenvalue weighted by Gasteiger charge is 2.06. The minimum absolute atomic E-state index is 0.514. The molecule has 2 aromatic carbocycles. The number of anilines is 1. The average molecular weight is 296 g/mol. The van der Waals surface area contributed by atoms with E-state index in [2.05, 4.69) is 4.98 Å². The Morgan fingerprint density at radius 3 is 2.62 bits per heavy atom. The average Bonchev–Trinajstić information content (AvgIpc) is 2.93. The fourth-order valence-corrected chi connectivity index (χ4v) is 2.69. The van der Waals surface area contributed by atoms with Crippen LogP contribution in [0.4, 0.5) is 5.69 Å². The molecule has 0 aliphatic rings. The summed E-state index contributed by atoms with van der Waals surface area (Å²) in [4.78, 5) is 4.47. The van der Waals surface area contributed by atoms with Crippen molar-refractivity contribution in [1.82, 2.24) is 4.98 Å². The molecule has 2 N–H and O–H groups in total. The number of ether oxygens (including phenoxy) is 1. The number of rotatable bonds is 4. The lowest BCUT2D eigenvalue weighted by Gasteiger charge is -2.10. The molecule has 3 rings (SSSR count). The smallest absolute Gasteiger partial charge is 0.142 e. The van der Waals surface area contributed by atoms with Crippen molar-refractivity contribution in [3.63, 3.8) is 0 Å². The third-order valence-electron chi connectivity index (χ3n) is 3.16. The Balaban J connectivity index is 1.75. The Bertz CT molecular complexity index is 738. The highest BCUT2D eigenvalue weighted by atomic mass is 32.1. The fraction of sp³-hybridized carbons (Fsp3) is 0.118. The number of aromatic nitrogens is 1. The summed E-state index contributed by atoms with van der Waals surface area (Å²) in [7, 11) is 0. The van der Waals surface area contributed by atoms with Gasteiger partial charge in [0.25, 0.3) is 0 Å². The van der Waals surface area contributed by atoms with E-state index in [1.165, 1.54) is 0 Å². The predicted octanol–water partition coefficient (Wildman–Crippen LogP) is 4.28. The van der Waals surface area contributed by atoms with E-state index in [1.54, 1.807) is 11.3 Å². The van der Waals surface area contributed by atoms with E-state index in [-0.39, 0.29) is 0 Å². The summed E-state index contributed by atoms with van der Waals surface area (Å²) in [6, 6.07) is 15.8. The Kier molecular flexibility index (Phi) is 3.88. The summed E-state index contributed by atoms with van der Waals surface area (Å²) in [5, 5.41) is 3.09. The number of nitrogens with two attached hydrogens (primary N) is 1. The number of nitrogens with zero attached hydrogens (tertiary/aromatic N) is 1. The van der Waals surface area contributed by atoms with Crippen LogP contribution in [0, 0.1) is 6.92 Å². The first kappa shape index (κ1) is 13.6. The SMILES string of the molecule is Cc1nc(-c2ccc(OCc3ccccc3)c(N)c2)cs1. The molecule has 0 aliphatic carbocycles. The number of hydrogen-bond acceptors (Lipinski definition) is 4. The summed E-state index contributed by atoms with van der Waals surface area (Å²) < 4.78 is 5.78. The van der Waals surface area contributed by atoms with Crippen molar-refractivity contribution in [1.29, 1.82) is 0 Å². The van der Waals surface area contributed by atoms with Gasteiger partial charge in [-0.3, -0.25) is 0 Å². The van der Waals surface area contributed by atoms with Gasteiger partial charge in [0.05, 0.1) is 16.4 Å². The molecule has 0 bridgehead atoms. The molecule has 0 radical (unpaired) electrons. The Hall–Kier alpha value is -2.33. The van der Waals surface area contributed by atoms with E-state index in [1.807, 2.05) is 60.8 Å². The van der Waals surface area contributed by atoms with Crippen molar-refractivity contribution >= 4 is 17.0 Å². The monoisotopic (exact) mass is 296 g/mol. The highest BCUT2D eigenvalue weighted by molar-refractivity contribution is 7.09. The zero-order valence-corrected chi connectivity index (χ0v) is 12.6. The second-order valence-corrected chi connectivity index (χ2v) is 5.84. The quantitative estimate of drug-likeness (QED) is 0.731. The zero-order valence-electron chi connectivity index (χ0n) is 11.7. The normalized spacial score (nSPS) is 10.5. The number of benzene rings is 2. The van der Waals surface area contributed by atoms with Gasteiger partial charge in [-0.15, -0.1) is 11.3 Å². The van der Waals surface area contributed by atoms with Crippen molar-refractivity contribution in [2.24, 2.45) is 0 Å². The summed E-state index contributed by atoms with van der Waals surface area (Å²) in [6.07, 6.45) is 0. The molecule has 1 heterocycles. The number of aryl methyl sites for hydroxylation is 1. The molecular weight excluding hydrogens is 280 g/mol. The van der Waals surface area contributed by atoms with Crippen molar-refractivity contribution in [3.05, 3.63) is 64.5 Å². The van der Waals surface area contributed by atoms with Gasteiger partial charge in [-0.25, -0.2) is 4.98 Å². The van der Waals surface area contributed by atoms with Gasteiger partial charge in [-0.2, -0.15) is 0 Å². The molecule has 0 amide bonds. The number of thiazole rings is 1. The maximum absolute atomic E-state index is 6.08. The molecule has 106 valence electrons. The zero-order chi connectivity index (χ0) is 14.7. The van der Waals surface area contributed by atoms with Gasteiger partial charge in [0, 0.05) is 10.9 Å².